The molecule has 96 valence electrons. The Morgan fingerprint density at radius 3 is 2.61 bits per heavy atom. The third-order valence-corrected chi connectivity index (χ3v) is 3.39. The zero-order valence-corrected chi connectivity index (χ0v) is 10.9. The zero-order chi connectivity index (χ0) is 13.3. The number of aldehydes is 1. The van der Waals surface area contributed by atoms with Crippen LogP contribution >= 0.6 is 0 Å². The Morgan fingerprint density at radius 2 is 2.06 bits per heavy atom. The summed E-state index contributed by atoms with van der Waals surface area (Å²) in [6, 6.07) is 3.50. The summed E-state index contributed by atoms with van der Waals surface area (Å²) in [5.74, 6) is 0.807. The average Bonchev–Trinajstić information content (AvgIpc) is 2.36. The molecule has 2 heterocycles. The van der Waals surface area contributed by atoms with E-state index in [0.29, 0.717) is 12.1 Å². The number of carbonyl (C=O) groups excluding carboxylic acids is 2. The number of pyridine rings is 1. The Labute approximate surface area is 106 Å². The minimum absolute atomic E-state index is 0.0787. The minimum atomic E-state index is -0.608. The van der Waals surface area contributed by atoms with Crippen molar-refractivity contribution in [2.24, 2.45) is 0 Å². The van der Waals surface area contributed by atoms with Gasteiger partial charge in [0, 0.05) is 31.9 Å². The first-order valence-electron chi connectivity index (χ1n) is 5.91. The standard InChI is InChI=1S/C13H17N3O2/c1-13(2)12(18)15(3)6-7-16(13)11-5-4-10(9-17)8-14-11/h4-5,8-9H,6-7H2,1-3H3. The summed E-state index contributed by atoms with van der Waals surface area (Å²) in [4.78, 5) is 30.7. The summed E-state index contributed by atoms with van der Waals surface area (Å²) in [6.45, 7) is 5.20. The third-order valence-electron chi connectivity index (χ3n) is 3.39. The molecule has 1 amide bonds. The number of rotatable bonds is 2. The van der Waals surface area contributed by atoms with Crippen LogP contribution in [0.1, 0.15) is 24.2 Å². The maximum absolute atomic E-state index is 12.2. The van der Waals surface area contributed by atoms with Crippen molar-refractivity contribution >= 4 is 18.0 Å². The Morgan fingerprint density at radius 1 is 1.33 bits per heavy atom. The molecule has 0 bridgehead atoms. The molecule has 0 unspecified atom stereocenters. The number of carbonyl (C=O) groups is 2. The van der Waals surface area contributed by atoms with Crippen molar-refractivity contribution in [3.05, 3.63) is 23.9 Å². The molecule has 0 N–H and O–H groups in total. The summed E-state index contributed by atoms with van der Waals surface area (Å²) in [5, 5.41) is 0. The van der Waals surface area contributed by atoms with Crippen molar-refractivity contribution in [3.8, 4) is 0 Å². The van der Waals surface area contributed by atoms with E-state index in [0.717, 1.165) is 18.6 Å². The highest BCUT2D eigenvalue weighted by Gasteiger charge is 2.40. The molecule has 0 spiro atoms. The summed E-state index contributed by atoms with van der Waals surface area (Å²) in [6.07, 6.45) is 2.29. The van der Waals surface area contributed by atoms with Crippen LogP contribution in [0.4, 0.5) is 5.82 Å². The molecule has 0 aliphatic carbocycles. The van der Waals surface area contributed by atoms with Crippen LogP contribution in [0.2, 0.25) is 0 Å². The predicted molar refractivity (Wildman–Crippen MR) is 68.7 cm³/mol. The zero-order valence-electron chi connectivity index (χ0n) is 10.9. The second-order valence-corrected chi connectivity index (χ2v) is 5.00. The van der Waals surface area contributed by atoms with Gasteiger partial charge >= 0.3 is 0 Å². The smallest absolute Gasteiger partial charge is 0.247 e. The molecule has 1 aromatic heterocycles. The first kappa shape index (κ1) is 12.5. The maximum atomic E-state index is 12.2. The molecular weight excluding hydrogens is 230 g/mol. The van der Waals surface area contributed by atoms with Gasteiger partial charge in [0.25, 0.3) is 0 Å². The van der Waals surface area contributed by atoms with Gasteiger partial charge in [0.05, 0.1) is 0 Å². The second-order valence-electron chi connectivity index (χ2n) is 5.00. The van der Waals surface area contributed by atoms with Crippen molar-refractivity contribution in [2.45, 2.75) is 19.4 Å². The Balaban J connectivity index is 2.31. The van der Waals surface area contributed by atoms with E-state index in [1.54, 1.807) is 17.0 Å². The van der Waals surface area contributed by atoms with Gasteiger partial charge in [0.2, 0.25) is 5.91 Å². The quantitative estimate of drug-likeness (QED) is 0.730. The van der Waals surface area contributed by atoms with Crippen molar-refractivity contribution in [1.29, 1.82) is 0 Å². The fourth-order valence-corrected chi connectivity index (χ4v) is 2.24. The number of hydrogen-bond acceptors (Lipinski definition) is 4. The van der Waals surface area contributed by atoms with Crippen molar-refractivity contribution in [3.63, 3.8) is 0 Å². The SMILES string of the molecule is CN1CCN(c2ccc(C=O)cn2)C(C)(C)C1=O. The second kappa shape index (κ2) is 4.40. The first-order valence-corrected chi connectivity index (χ1v) is 5.91. The summed E-state index contributed by atoms with van der Waals surface area (Å²) < 4.78 is 0. The average molecular weight is 247 g/mol. The van der Waals surface area contributed by atoms with Crippen LogP contribution in [0.3, 0.4) is 0 Å². The largest absolute Gasteiger partial charge is 0.342 e. The molecule has 5 nitrogen and oxygen atoms in total. The topological polar surface area (TPSA) is 53.5 Å². The van der Waals surface area contributed by atoms with E-state index < -0.39 is 5.54 Å². The molecule has 0 atom stereocenters. The lowest BCUT2D eigenvalue weighted by Crippen LogP contribution is -2.62. The van der Waals surface area contributed by atoms with Crippen LogP contribution in [0.5, 0.6) is 0 Å². The van der Waals surface area contributed by atoms with Gasteiger partial charge in [-0.3, -0.25) is 9.59 Å². The van der Waals surface area contributed by atoms with Gasteiger partial charge < -0.3 is 9.80 Å². The fourth-order valence-electron chi connectivity index (χ4n) is 2.24. The molecular formula is C13H17N3O2. The highest BCUT2D eigenvalue weighted by Crippen LogP contribution is 2.26. The van der Waals surface area contributed by atoms with Crippen molar-refractivity contribution < 1.29 is 9.59 Å². The van der Waals surface area contributed by atoms with E-state index in [2.05, 4.69) is 4.98 Å². The van der Waals surface area contributed by atoms with Gasteiger partial charge in [-0.15, -0.1) is 0 Å². The van der Waals surface area contributed by atoms with Crippen LogP contribution < -0.4 is 4.90 Å². The summed E-state index contributed by atoms with van der Waals surface area (Å²) in [7, 11) is 1.81. The lowest BCUT2D eigenvalue weighted by atomic mass is 9.98. The van der Waals surface area contributed by atoms with Gasteiger partial charge in [-0.25, -0.2) is 4.98 Å². The van der Waals surface area contributed by atoms with Gasteiger partial charge in [-0.1, -0.05) is 0 Å². The fraction of sp³-hybridized carbons (Fsp3) is 0.462. The molecule has 18 heavy (non-hydrogen) atoms. The first-order chi connectivity index (χ1) is 8.46. The number of nitrogens with zero attached hydrogens (tertiary/aromatic N) is 3. The maximum Gasteiger partial charge on any atom is 0.247 e. The summed E-state index contributed by atoms with van der Waals surface area (Å²) in [5.41, 5.74) is -0.0695. The molecule has 1 saturated heterocycles. The lowest BCUT2D eigenvalue weighted by molar-refractivity contribution is -0.136. The van der Waals surface area contributed by atoms with E-state index in [-0.39, 0.29) is 5.91 Å². The van der Waals surface area contributed by atoms with Crippen molar-refractivity contribution in [2.75, 3.05) is 25.0 Å². The molecule has 1 aromatic rings. The normalized spacial score (nSPS) is 18.9. The molecule has 0 aromatic carbocycles. The molecule has 1 aliphatic heterocycles. The van der Waals surface area contributed by atoms with E-state index >= 15 is 0 Å². The van der Waals surface area contributed by atoms with Gasteiger partial charge in [-0.2, -0.15) is 0 Å². The molecule has 0 radical (unpaired) electrons. The van der Waals surface area contributed by atoms with Gasteiger partial charge in [0.1, 0.15) is 11.4 Å². The van der Waals surface area contributed by atoms with Crippen LogP contribution in [0.25, 0.3) is 0 Å². The van der Waals surface area contributed by atoms with E-state index in [9.17, 15) is 9.59 Å². The third kappa shape index (κ3) is 1.96. The van der Waals surface area contributed by atoms with Gasteiger partial charge in [0.15, 0.2) is 6.29 Å². The summed E-state index contributed by atoms with van der Waals surface area (Å²) >= 11 is 0. The number of amides is 1. The Bertz CT molecular complexity index is 468. The minimum Gasteiger partial charge on any atom is -0.342 e. The number of piperazine rings is 1. The van der Waals surface area contributed by atoms with Crippen molar-refractivity contribution in [1.82, 2.24) is 9.88 Å². The van der Waals surface area contributed by atoms with Gasteiger partial charge in [-0.05, 0) is 26.0 Å². The van der Waals surface area contributed by atoms with E-state index in [1.807, 2.05) is 25.8 Å². The van der Waals surface area contributed by atoms with Crippen LogP contribution in [-0.4, -0.2) is 47.8 Å². The van der Waals surface area contributed by atoms with Crippen LogP contribution in [0, 0.1) is 0 Å². The molecule has 5 heteroatoms. The number of likely N-dealkylation sites (N-methyl/N-ethyl adjacent to an activating group) is 1. The number of anilines is 1. The molecule has 2 rings (SSSR count). The number of hydrogen-bond donors (Lipinski definition) is 0. The van der Waals surface area contributed by atoms with Crippen LogP contribution in [0.15, 0.2) is 18.3 Å². The highest BCUT2D eigenvalue weighted by atomic mass is 16.2. The molecule has 1 fully saturated rings. The Hall–Kier alpha value is -1.91. The highest BCUT2D eigenvalue weighted by molar-refractivity contribution is 5.90. The lowest BCUT2D eigenvalue weighted by Gasteiger charge is -2.45. The monoisotopic (exact) mass is 247 g/mol. The van der Waals surface area contributed by atoms with E-state index in [1.165, 1.54) is 6.20 Å². The predicted octanol–water partition coefficient (Wildman–Crippen LogP) is 0.951. The van der Waals surface area contributed by atoms with Crippen LogP contribution in [-0.2, 0) is 4.79 Å². The van der Waals surface area contributed by atoms with E-state index in [4.69, 9.17) is 0 Å². The Kier molecular flexibility index (Phi) is 3.07. The molecule has 1 aliphatic rings. The molecule has 0 saturated carbocycles. The number of aromatic nitrogens is 1.